The quantitative estimate of drug-likeness (QED) is 0.347. The molecule has 4 rings (SSSR count). The Morgan fingerprint density at radius 3 is 2.17 bits per heavy atom. The second-order valence-corrected chi connectivity index (χ2v) is 9.34. The molecule has 3 aromatic rings. The first-order chi connectivity index (χ1) is 17.6. The number of carbonyl (C=O) groups is 2. The number of carboxylic acids is 1. The Morgan fingerprint density at radius 2 is 1.44 bits per heavy atom. The van der Waals surface area contributed by atoms with Crippen molar-refractivity contribution in [2.24, 2.45) is 5.92 Å². The zero-order valence-corrected chi connectivity index (χ0v) is 20.4. The van der Waals surface area contributed by atoms with Crippen molar-refractivity contribution in [3.8, 4) is 11.5 Å². The molecule has 36 heavy (non-hydrogen) atoms. The molecule has 1 aliphatic carbocycles. The van der Waals surface area contributed by atoms with Gasteiger partial charge in [-0.2, -0.15) is 0 Å². The number of rotatable bonds is 11. The van der Waals surface area contributed by atoms with Crippen LogP contribution in [0.4, 0.5) is 0 Å². The number of benzene rings is 3. The second-order valence-electron chi connectivity index (χ2n) is 9.34. The summed E-state index contributed by atoms with van der Waals surface area (Å²) in [5.41, 5.74) is 2.41. The molecule has 1 amide bonds. The lowest BCUT2D eigenvalue weighted by atomic mass is 9.85. The predicted octanol–water partition coefficient (Wildman–Crippen LogP) is 6.00. The highest BCUT2D eigenvalue weighted by Crippen LogP contribution is 2.27. The molecule has 3 aromatic carbocycles. The maximum atomic E-state index is 12.8. The van der Waals surface area contributed by atoms with Gasteiger partial charge in [0.1, 0.15) is 30.8 Å². The monoisotopic (exact) mass is 487 g/mol. The fraction of sp³-hybridized carbons (Fsp3) is 0.333. The molecule has 1 aliphatic rings. The Bertz CT molecular complexity index is 1140. The molecule has 0 spiro atoms. The minimum absolute atomic E-state index is 0.313. The summed E-state index contributed by atoms with van der Waals surface area (Å²) in [5.74, 6) is 0.251. The van der Waals surface area contributed by atoms with Crippen LogP contribution in [-0.2, 0) is 18.0 Å². The SMILES string of the molecule is O=C(N[C@@H](CC1CCCCC1)C(=O)O)c1cccc(OCc2cccc(OCc3ccccc3)c2)c1. The molecule has 1 fully saturated rings. The topological polar surface area (TPSA) is 84.9 Å². The Labute approximate surface area is 212 Å². The normalized spacial score (nSPS) is 14.6. The van der Waals surface area contributed by atoms with Crippen LogP contribution in [0.3, 0.4) is 0 Å². The van der Waals surface area contributed by atoms with E-state index in [1.54, 1.807) is 24.3 Å². The van der Waals surface area contributed by atoms with Crippen molar-refractivity contribution in [2.45, 2.75) is 57.8 Å². The first kappa shape index (κ1) is 25.3. The number of carboxylic acid groups (broad SMARTS) is 1. The number of aliphatic carboxylic acids is 1. The number of nitrogens with one attached hydrogen (secondary N) is 1. The van der Waals surface area contributed by atoms with Crippen molar-refractivity contribution in [1.82, 2.24) is 5.32 Å². The first-order valence-corrected chi connectivity index (χ1v) is 12.6. The third-order valence-electron chi connectivity index (χ3n) is 6.55. The standard InChI is InChI=1S/C30H33NO5/c32-29(31-28(30(33)34)18-22-9-3-1-4-10-22)25-14-8-16-27(19-25)36-21-24-13-7-15-26(17-24)35-20-23-11-5-2-6-12-23/h2,5-8,11-17,19,22,28H,1,3-4,9-10,18,20-21H2,(H,31,32)(H,33,34)/t28-/m0/s1. The third kappa shape index (κ3) is 7.60. The molecule has 188 valence electrons. The van der Waals surface area contributed by atoms with Gasteiger partial charge >= 0.3 is 5.97 Å². The lowest BCUT2D eigenvalue weighted by molar-refractivity contribution is -0.139. The molecular formula is C30H33NO5. The van der Waals surface area contributed by atoms with E-state index in [1.807, 2.05) is 54.6 Å². The highest BCUT2D eigenvalue weighted by Gasteiger charge is 2.26. The van der Waals surface area contributed by atoms with E-state index >= 15 is 0 Å². The van der Waals surface area contributed by atoms with E-state index in [2.05, 4.69) is 5.32 Å². The van der Waals surface area contributed by atoms with Crippen molar-refractivity contribution in [1.29, 1.82) is 0 Å². The first-order valence-electron chi connectivity index (χ1n) is 12.6. The van der Waals surface area contributed by atoms with Crippen LogP contribution in [-0.4, -0.2) is 23.0 Å². The lowest BCUT2D eigenvalue weighted by Crippen LogP contribution is -2.42. The van der Waals surface area contributed by atoms with Gasteiger partial charge in [-0.3, -0.25) is 4.79 Å². The average molecular weight is 488 g/mol. The highest BCUT2D eigenvalue weighted by molar-refractivity contribution is 5.96. The fourth-order valence-corrected chi connectivity index (χ4v) is 4.58. The van der Waals surface area contributed by atoms with E-state index in [-0.39, 0.29) is 0 Å². The molecule has 0 bridgehead atoms. The largest absolute Gasteiger partial charge is 0.489 e. The molecule has 0 saturated heterocycles. The zero-order valence-electron chi connectivity index (χ0n) is 20.4. The molecule has 0 radical (unpaired) electrons. The summed E-state index contributed by atoms with van der Waals surface area (Å²) >= 11 is 0. The van der Waals surface area contributed by atoms with Gasteiger partial charge in [0, 0.05) is 5.56 Å². The van der Waals surface area contributed by atoms with Gasteiger partial charge in [-0.05, 0) is 53.8 Å². The minimum atomic E-state index is -0.990. The number of amides is 1. The number of carbonyl (C=O) groups excluding carboxylic acids is 1. The van der Waals surface area contributed by atoms with Gasteiger partial charge in [-0.1, -0.05) is 80.6 Å². The van der Waals surface area contributed by atoms with Crippen LogP contribution in [0.5, 0.6) is 11.5 Å². The van der Waals surface area contributed by atoms with E-state index in [4.69, 9.17) is 9.47 Å². The highest BCUT2D eigenvalue weighted by atomic mass is 16.5. The molecule has 0 aromatic heterocycles. The van der Waals surface area contributed by atoms with Crippen LogP contribution in [0.1, 0.15) is 60.0 Å². The number of hydrogen-bond donors (Lipinski definition) is 2. The van der Waals surface area contributed by atoms with Crippen molar-refractivity contribution < 1.29 is 24.2 Å². The Kier molecular flexibility index (Phi) is 8.98. The Hall–Kier alpha value is -3.80. The third-order valence-corrected chi connectivity index (χ3v) is 6.55. The van der Waals surface area contributed by atoms with Gasteiger partial charge in [0.15, 0.2) is 0 Å². The Balaban J connectivity index is 1.32. The van der Waals surface area contributed by atoms with Crippen LogP contribution in [0.2, 0.25) is 0 Å². The van der Waals surface area contributed by atoms with E-state index in [9.17, 15) is 14.7 Å². The summed E-state index contributed by atoms with van der Waals surface area (Å²) in [6.07, 6.45) is 6.00. The average Bonchev–Trinajstić information content (AvgIpc) is 2.92. The fourth-order valence-electron chi connectivity index (χ4n) is 4.58. The van der Waals surface area contributed by atoms with Crippen molar-refractivity contribution in [2.75, 3.05) is 0 Å². The number of ether oxygens (including phenoxy) is 2. The van der Waals surface area contributed by atoms with Crippen LogP contribution >= 0.6 is 0 Å². The van der Waals surface area contributed by atoms with Crippen LogP contribution in [0, 0.1) is 5.92 Å². The van der Waals surface area contributed by atoms with Gasteiger partial charge in [-0.15, -0.1) is 0 Å². The van der Waals surface area contributed by atoms with E-state index in [0.717, 1.165) is 42.6 Å². The van der Waals surface area contributed by atoms with Crippen LogP contribution in [0.15, 0.2) is 78.9 Å². The van der Waals surface area contributed by atoms with Gasteiger partial charge < -0.3 is 19.9 Å². The molecule has 6 heteroatoms. The zero-order chi connectivity index (χ0) is 25.2. The molecular weight excluding hydrogens is 454 g/mol. The summed E-state index contributed by atoms with van der Waals surface area (Å²) in [6.45, 7) is 0.799. The molecule has 0 heterocycles. The molecule has 1 atom stereocenters. The second kappa shape index (κ2) is 12.8. The van der Waals surface area contributed by atoms with Gasteiger partial charge in [-0.25, -0.2) is 4.79 Å². The molecule has 1 saturated carbocycles. The van der Waals surface area contributed by atoms with Crippen molar-refractivity contribution >= 4 is 11.9 Å². The maximum Gasteiger partial charge on any atom is 0.326 e. The van der Waals surface area contributed by atoms with Crippen molar-refractivity contribution in [3.63, 3.8) is 0 Å². The van der Waals surface area contributed by atoms with Gasteiger partial charge in [0.25, 0.3) is 5.91 Å². The van der Waals surface area contributed by atoms with Crippen LogP contribution in [0.25, 0.3) is 0 Å². The van der Waals surface area contributed by atoms with E-state index in [1.165, 1.54) is 6.42 Å². The summed E-state index contributed by atoms with van der Waals surface area (Å²) in [7, 11) is 0. The molecule has 0 aliphatic heterocycles. The summed E-state index contributed by atoms with van der Waals surface area (Å²) < 4.78 is 11.8. The summed E-state index contributed by atoms with van der Waals surface area (Å²) in [5, 5.41) is 12.3. The van der Waals surface area contributed by atoms with E-state index < -0.39 is 17.9 Å². The van der Waals surface area contributed by atoms with Crippen LogP contribution < -0.4 is 14.8 Å². The molecule has 6 nitrogen and oxygen atoms in total. The maximum absolute atomic E-state index is 12.8. The summed E-state index contributed by atoms with van der Waals surface area (Å²) in [4.78, 5) is 24.6. The van der Waals surface area contributed by atoms with Crippen molar-refractivity contribution in [3.05, 3.63) is 95.6 Å². The smallest absolute Gasteiger partial charge is 0.326 e. The molecule has 2 N–H and O–H groups in total. The Morgan fingerprint density at radius 1 is 0.806 bits per heavy atom. The van der Waals surface area contributed by atoms with Gasteiger partial charge in [0.05, 0.1) is 0 Å². The number of hydrogen-bond acceptors (Lipinski definition) is 4. The summed E-state index contributed by atoms with van der Waals surface area (Å²) in [6, 6.07) is 23.6. The van der Waals surface area contributed by atoms with E-state index in [0.29, 0.717) is 36.9 Å². The predicted molar refractivity (Wildman–Crippen MR) is 138 cm³/mol. The minimum Gasteiger partial charge on any atom is -0.489 e. The van der Waals surface area contributed by atoms with Gasteiger partial charge in [0.2, 0.25) is 0 Å². The molecule has 0 unspecified atom stereocenters. The lowest BCUT2D eigenvalue weighted by Gasteiger charge is -2.25.